The fourth-order valence-corrected chi connectivity index (χ4v) is 7.03. The third-order valence-electron chi connectivity index (χ3n) is 7.99. The van der Waals surface area contributed by atoms with Gasteiger partial charge in [-0.15, -0.1) is 0 Å². The fourth-order valence-electron chi connectivity index (χ4n) is 5.28. The number of hydrogen-bond donors (Lipinski definition) is 5. The SMILES string of the molecule is CCc1cc2c(=O)c(C(=O)O)cn(C3CC3)c2c(OC)c1N1CCCC(N(C)C(=O)OC(C)(P(=O)(O)O)P(=O)(O)O)C1. The lowest BCUT2D eigenvalue weighted by atomic mass is 9.98. The van der Waals surface area contributed by atoms with E-state index in [9.17, 15) is 48.2 Å². The predicted octanol–water partition coefficient (Wildman–Crippen LogP) is 2.67. The van der Waals surface area contributed by atoms with Gasteiger partial charge >= 0.3 is 32.3 Å². The molecule has 1 aliphatic carbocycles. The van der Waals surface area contributed by atoms with E-state index >= 15 is 0 Å². The first kappa shape index (κ1) is 32.0. The average molecular weight is 632 g/mol. The van der Waals surface area contributed by atoms with Gasteiger partial charge in [0.1, 0.15) is 5.56 Å². The fraction of sp³-hybridized carbons (Fsp3) is 0.560. The molecule has 2 aliphatic rings. The number of piperidine rings is 1. The van der Waals surface area contributed by atoms with Crippen LogP contribution in [0.5, 0.6) is 5.75 Å². The maximum absolute atomic E-state index is 13.2. The molecule has 0 spiro atoms. The molecule has 2 aromatic rings. The molecule has 0 radical (unpaired) electrons. The molecule has 232 valence electrons. The minimum atomic E-state index is -5.59. The minimum Gasteiger partial charge on any atom is -0.492 e. The largest absolute Gasteiger partial charge is 0.492 e. The van der Waals surface area contributed by atoms with Gasteiger partial charge in [-0.25, -0.2) is 9.59 Å². The third kappa shape index (κ3) is 5.57. The Hall–Kier alpha value is -2.93. The Labute approximate surface area is 240 Å². The maximum atomic E-state index is 13.2. The molecule has 4 rings (SSSR count). The van der Waals surface area contributed by atoms with Crippen LogP contribution in [-0.4, -0.2) is 84.6 Å². The quantitative estimate of drug-likeness (QED) is 0.252. The molecule has 42 heavy (non-hydrogen) atoms. The van der Waals surface area contributed by atoms with E-state index in [-0.39, 0.29) is 23.5 Å². The number of aromatic carboxylic acids is 1. The number of fused-ring (bicyclic) bond motifs is 1. The number of ether oxygens (including phenoxy) is 2. The number of aromatic nitrogens is 1. The van der Waals surface area contributed by atoms with Crippen molar-refractivity contribution in [3.05, 3.63) is 33.6 Å². The molecule has 5 N–H and O–H groups in total. The van der Waals surface area contributed by atoms with Crippen LogP contribution in [0, 0.1) is 0 Å². The average Bonchev–Trinajstić information content (AvgIpc) is 3.76. The summed E-state index contributed by atoms with van der Waals surface area (Å²) in [6.07, 6.45) is 3.14. The number of carbonyl (C=O) groups is 2. The smallest absolute Gasteiger partial charge is 0.411 e. The van der Waals surface area contributed by atoms with E-state index < -0.39 is 43.8 Å². The van der Waals surface area contributed by atoms with E-state index in [2.05, 4.69) is 0 Å². The van der Waals surface area contributed by atoms with Crippen molar-refractivity contribution in [1.82, 2.24) is 9.47 Å². The lowest BCUT2D eigenvalue weighted by Gasteiger charge is -2.41. The summed E-state index contributed by atoms with van der Waals surface area (Å²) in [7, 11) is -8.42. The summed E-state index contributed by atoms with van der Waals surface area (Å²) in [5.74, 6) is -0.938. The number of benzene rings is 1. The molecule has 1 saturated carbocycles. The number of carbonyl (C=O) groups excluding carboxylic acids is 1. The van der Waals surface area contributed by atoms with Gasteiger partial charge in [0.05, 0.1) is 29.7 Å². The monoisotopic (exact) mass is 631 g/mol. The number of amides is 1. The van der Waals surface area contributed by atoms with Gasteiger partial charge in [-0.2, -0.15) is 0 Å². The topological polar surface area (TPSA) is 216 Å². The molecule has 0 bridgehead atoms. The highest BCUT2D eigenvalue weighted by Crippen LogP contribution is 2.69. The van der Waals surface area contributed by atoms with Crippen LogP contribution in [0.1, 0.15) is 61.5 Å². The summed E-state index contributed by atoms with van der Waals surface area (Å²) in [6, 6.07) is 1.09. The predicted molar refractivity (Wildman–Crippen MR) is 151 cm³/mol. The van der Waals surface area contributed by atoms with Crippen LogP contribution in [0.25, 0.3) is 10.9 Å². The molecule has 1 atom stereocenters. The van der Waals surface area contributed by atoms with Crippen LogP contribution in [0.2, 0.25) is 0 Å². The second kappa shape index (κ2) is 11.3. The molecule has 1 saturated heterocycles. The van der Waals surface area contributed by atoms with Crippen LogP contribution in [0.3, 0.4) is 0 Å². The summed E-state index contributed by atoms with van der Waals surface area (Å²) in [4.78, 5) is 79.4. The zero-order valence-corrected chi connectivity index (χ0v) is 25.4. The number of nitrogens with zero attached hydrogens (tertiary/aromatic N) is 3. The Bertz CT molecular complexity index is 1550. The van der Waals surface area contributed by atoms with E-state index in [1.54, 1.807) is 10.6 Å². The highest BCUT2D eigenvalue weighted by Gasteiger charge is 2.61. The Kier molecular flexibility index (Phi) is 8.60. The van der Waals surface area contributed by atoms with E-state index in [0.717, 1.165) is 17.7 Å². The highest BCUT2D eigenvalue weighted by atomic mass is 31.2. The maximum Gasteiger partial charge on any atom is 0.411 e. The van der Waals surface area contributed by atoms with Crippen LogP contribution >= 0.6 is 15.2 Å². The molecule has 15 nitrogen and oxygen atoms in total. The van der Waals surface area contributed by atoms with E-state index in [4.69, 9.17) is 9.47 Å². The van der Waals surface area contributed by atoms with E-state index in [1.165, 1.54) is 20.4 Å². The highest BCUT2D eigenvalue weighted by molar-refractivity contribution is 7.72. The lowest BCUT2D eigenvalue weighted by Crippen LogP contribution is -2.50. The molecular formula is C25H35N3O12P2. The first-order valence-corrected chi connectivity index (χ1v) is 16.5. The second-order valence-corrected chi connectivity index (χ2v) is 15.0. The van der Waals surface area contributed by atoms with Gasteiger partial charge in [0.25, 0.3) is 0 Å². The number of aryl methyl sites for hydroxylation is 1. The normalized spacial score (nSPS) is 18.2. The Morgan fingerprint density at radius 2 is 1.76 bits per heavy atom. The lowest BCUT2D eigenvalue weighted by molar-refractivity contribution is 0.0526. The minimum absolute atomic E-state index is 0.00722. The summed E-state index contributed by atoms with van der Waals surface area (Å²) < 4.78 is 36.3. The Morgan fingerprint density at radius 3 is 2.26 bits per heavy atom. The van der Waals surface area contributed by atoms with Gasteiger partial charge in [0.15, 0.2) is 5.75 Å². The zero-order chi connectivity index (χ0) is 31.4. The zero-order valence-electron chi connectivity index (χ0n) is 23.6. The number of carboxylic acid groups (broad SMARTS) is 1. The summed E-state index contributed by atoms with van der Waals surface area (Å²) in [5.41, 5.74) is 0.887. The van der Waals surface area contributed by atoms with Crippen LogP contribution in [0.4, 0.5) is 10.5 Å². The number of carboxylic acids is 1. The number of rotatable bonds is 9. The van der Waals surface area contributed by atoms with Gasteiger partial charge in [-0.1, -0.05) is 6.92 Å². The van der Waals surface area contributed by atoms with Crippen molar-refractivity contribution < 1.29 is 52.9 Å². The van der Waals surface area contributed by atoms with Crippen LogP contribution < -0.4 is 15.1 Å². The van der Waals surface area contributed by atoms with Crippen molar-refractivity contribution in [2.24, 2.45) is 0 Å². The van der Waals surface area contributed by atoms with Crippen LogP contribution in [0.15, 0.2) is 17.1 Å². The van der Waals surface area contributed by atoms with Crippen molar-refractivity contribution in [2.45, 2.75) is 63.1 Å². The van der Waals surface area contributed by atoms with Gasteiger partial charge < -0.3 is 48.5 Å². The number of likely N-dealkylation sites (N-methyl/N-ethyl adjacent to an activating group) is 1. The van der Waals surface area contributed by atoms with E-state index in [0.29, 0.717) is 55.2 Å². The third-order valence-corrected chi connectivity index (χ3v) is 11.9. The van der Waals surface area contributed by atoms with Crippen LogP contribution in [-0.2, 0) is 20.3 Å². The molecule has 2 heterocycles. The number of methoxy groups -OCH3 is 1. The van der Waals surface area contributed by atoms with Crippen molar-refractivity contribution in [3.8, 4) is 5.75 Å². The second-order valence-electron chi connectivity index (χ2n) is 10.7. The molecule has 17 heteroatoms. The Balaban J connectivity index is 1.75. The summed E-state index contributed by atoms with van der Waals surface area (Å²) in [5, 5.41) is 6.53. The molecule has 1 aromatic carbocycles. The molecule has 1 amide bonds. The molecule has 1 aromatic heterocycles. The number of pyridine rings is 1. The summed E-state index contributed by atoms with van der Waals surface area (Å²) in [6.45, 7) is 3.10. The molecule has 2 fully saturated rings. The van der Waals surface area contributed by atoms with Crippen molar-refractivity contribution in [3.63, 3.8) is 0 Å². The molecular weight excluding hydrogens is 596 g/mol. The number of anilines is 1. The number of hydrogen-bond acceptors (Lipinski definition) is 8. The van der Waals surface area contributed by atoms with Crippen molar-refractivity contribution in [1.29, 1.82) is 0 Å². The Morgan fingerprint density at radius 1 is 1.14 bits per heavy atom. The molecule has 1 unspecified atom stereocenters. The van der Waals surface area contributed by atoms with Crippen molar-refractivity contribution >= 4 is 43.8 Å². The first-order chi connectivity index (χ1) is 19.5. The molecule has 1 aliphatic heterocycles. The van der Waals surface area contributed by atoms with Crippen molar-refractivity contribution in [2.75, 3.05) is 32.1 Å². The van der Waals surface area contributed by atoms with Gasteiger partial charge in [0.2, 0.25) is 5.43 Å². The van der Waals surface area contributed by atoms with Gasteiger partial charge in [-0.3, -0.25) is 13.9 Å². The first-order valence-electron chi connectivity index (χ1n) is 13.3. The summed E-state index contributed by atoms with van der Waals surface area (Å²) >= 11 is 0. The standard InChI is InChI=1S/C25H35N3O12P2/c1-5-14-11-17-20(28(15-8-9-15)13-18(21(17)29)23(30)31)22(39-4)19(14)27-10-6-7-16(12-27)26(3)24(32)40-25(2,41(33,34)35)42(36,37)38/h11,13,15-16H,5-10,12H2,1-4H3,(H,30,31)(H2,33,34,35)(H2,36,37,38). The van der Waals surface area contributed by atoms with Gasteiger partial charge in [0, 0.05) is 32.4 Å². The van der Waals surface area contributed by atoms with E-state index in [1.807, 2.05) is 11.8 Å². The van der Waals surface area contributed by atoms with Gasteiger partial charge in [-0.05, 0) is 50.7 Å².